The predicted molar refractivity (Wildman–Crippen MR) is 139 cm³/mol. The molecule has 3 N–H and O–H groups in total. The predicted octanol–water partition coefficient (Wildman–Crippen LogP) is 5.85. The second-order valence-corrected chi connectivity index (χ2v) is 9.23. The lowest BCUT2D eigenvalue weighted by atomic mass is 10.1. The second-order valence-electron chi connectivity index (χ2n) is 8.17. The lowest BCUT2D eigenvalue weighted by Crippen LogP contribution is -2.05. The van der Waals surface area contributed by atoms with Gasteiger partial charge in [-0.25, -0.2) is 14.1 Å². The number of carboxylic acid groups (broad SMARTS) is 1. The van der Waals surface area contributed by atoms with Crippen molar-refractivity contribution in [3.8, 4) is 0 Å². The first kappa shape index (κ1) is 27.0. The van der Waals surface area contributed by atoms with E-state index in [1.165, 1.54) is 11.1 Å². The van der Waals surface area contributed by atoms with E-state index in [1.807, 2.05) is 75.4 Å². The van der Waals surface area contributed by atoms with Crippen LogP contribution in [0.2, 0.25) is 0 Å². The van der Waals surface area contributed by atoms with Crippen LogP contribution in [0.15, 0.2) is 77.7 Å². The van der Waals surface area contributed by atoms with Crippen LogP contribution >= 0.6 is 0 Å². The summed E-state index contributed by atoms with van der Waals surface area (Å²) in [5, 5.41) is 19.2. The Morgan fingerprint density at radius 1 is 1.00 bits per heavy atom. The number of carbonyl (C=O) groups is 1. The molecule has 0 bridgehead atoms. The third-order valence-corrected chi connectivity index (χ3v) is 5.75. The van der Waals surface area contributed by atoms with Gasteiger partial charge in [0.05, 0.1) is 10.4 Å². The van der Waals surface area contributed by atoms with E-state index < -0.39 is 17.0 Å². The van der Waals surface area contributed by atoms with Crippen molar-refractivity contribution in [2.24, 2.45) is 5.14 Å². The van der Waals surface area contributed by atoms with Gasteiger partial charge in [0.1, 0.15) is 11.0 Å². The van der Waals surface area contributed by atoms with Gasteiger partial charge in [-0.15, -0.1) is 0 Å². The highest BCUT2D eigenvalue weighted by molar-refractivity contribution is 7.82. The van der Waals surface area contributed by atoms with Crippen LogP contribution in [0.3, 0.4) is 0 Å². The number of nitrogens with zero attached hydrogens (tertiary/aromatic N) is 2. The molecule has 0 aliphatic carbocycles. The molecule has 1 heterocycles. The van der Waals surface area contributed by atoms with Crippen molar-refractivity contribution in [1.29, 1.82) is 0 Å². The number of fused-ring (bicyclic) bond motifs is 1. The van der Waals surface area contributed by atoms with Crippen molar-refractivity contribution in [2.45, 2.75) is 52.0 Å². The summed E-state index contributed by atoms with van der Waals surface area (Å²) in [5.41, 5.74) is 4.63. The summed E-state index contributed by atoms with van der Waals surface area (Å²) in [6.45, 7) is 10.1. The highest BCUT2D eigenvalue weighted by Gasteiger charge is 2.17. The van der Waals surface area contributed by atoms with E-state index in [4.69, 9.17) is 10.2 Å². The van der Waals surface area contributed by atoms with Gasteiger partial charge in [-0.1, -0.05) is 67.1 Å². The average molecular weight is 480 g/mol. The normalized spacial score (nSPS) is 11.3. The Morgan fingerprint density at radius 3 is 2.09 bits per heavy atom. The fourth-order valence-corrected chi connectivity index (χ4v) is 3.74. The molecular formula is C27H33N3O3S. The van der Waals surface area contributed by atoms with E-state index in [9.17, 15) is 9.00 Å². The minimum atomic E-state index is -1.34. The van der Waals surface area contributed by atoms with Crippen molar-refractivity contribution < 1.29 is 14.1 Å². The fraction of sp³-hybridized carbons (Fsp3) is 0.259. The number of benzene rings is 3. The zero-order chi connectivity index (χ0) is 25.3. The summed E-state index contributed by atoms with van der Waals surface area (Å²) in [5.74, 6) is -0.973. The Morgan fingerprint density at radius 2 is 1.65 bits per heavy atom. The van der Waals surface area contributed by atoms with E-state index in [0.29, 0.717) is 10.3 Å². The molecule has 0 radical (unpaired) electrons. The quantitative estimate of drug-likeness (QED) is 0.384. The van der Waals surface area contributed by atoms with Gasteiger partial charge in [-0.2, -0.15) is 5.10 Å². The fourth-order valence-electron chi connectivity index (χ4n) is 3.23. The molecule has 7 heteroatoms. The molecule has 0 amide bonds. The Hall–Kier alpha value is -3.29. The SMILES string of the molecule is CCc1ccc2c(C(=O)O)nn(C(C)C)c2c1.Cc1cccc(S(N)=O)c1.Cc1ccccc1. The third kappa shape index (κ3) is 7.64. The molecule has 0 saturated carbocycles. The molecule has 1 atom stereocenters. The summed E-state index contributed by atoms with van der Waals surface area (Å²) < 4.78 is 12.5. The monoisotopic (exact) mass is 479 g/mol. The molecular weight excluding hydrogens is 446 g/mol. The summed E-state index contributed by atoms with van der Waals surface area (Å²) in [6.07, 6.45) is 0.932. The van der Waals surface area contributed by atoms with Crippen molar-refractivity contribution in [2.75, 3.05) is 0 Å². The van der Waals surface area contributed by atoms with Crippen LogP contribution in [-0.2, 0) is 17.4 Å². The number of aryl methyl sites for hydroxylation is 3. The van der Waals surface area contributed by atoms with Crippen molar-refractivity contribution in [3.05, 3.63) is 95.2 Å². The number of rotatable bonds is 4. The number of aromatic nitrogens is 2. The molecule has 0 aliphatic rings. The molecule has 0 aliphatic heterocycles. The van der Waals surface area contributed by atoms with Crippen molar-refractivity contribution in [3.63, 3.8) is 0 Å². The van der Waals surface area contributed by atoms with Gasteiger partial charge < -0.3 is 5.11 Å². The van der Waals surface area contributed by atoms with E-state index in [-0.39, 0.29) is 11.7 Å². The smallest absolute Gasteiger partial charge is 0.357 e. The van der Waals surface area contributed by atoms with E-state index in [2.05, 4.69) is 31.1 Å². The standard InChI is InChI=1S/C13H16N2O2.C7H9NOS.C7H8/c1-4-9-5-6-10-11(7-9)15(8(2)3)14-12(10)13(16)17;1-6-3-2-4-7(5-6)10(8)9;1-7-5-3-2-4-6-7/h5-8H,4H2,1-3H3,(H,16,17);2-5H,8H2,1H3;2-6H,1H3. The maximum absolute atomic E-state index is 11.1. The number of aromatic carboxylic acids is 1. The van der Waals surface area contributed by atoms with Gasteiger partial charge in [-0.3, -0.25) is 4.68 Å². The van der Waals surface area contributed by atoms with Crippen LogP contribution in [0.25, 0.3) is 10.9 Å². The van der Waals surface area contributed by atoms with Gasteiger partial charge in [0, 0.05) is 11.4 Å². The number of nitrogens with two attached hydrogens (primary N) is 1. The number of hydrogen-bond acceptors (Lipinski definition) is 3. The molecule has 0 spiro atoms. The van der Waals surface area contributed by atoms with E-state index in [0.717, 1.165) is 17.5 Å². The third-order valence-electron chi connectivity index (χ3n) is 5.03. The van der Waals surface area contributed by atoms with Crippen LogP contribution in [0.1, 0.15) is 54.0 Å². The Balaban J connectivity index is 0.000000202. The van der Waals surface area contributed by atoms with E-state index in [1.54, 1.807) is 10.7 Å². The van der Waals surface area contributed by atoms with Gasteiger partial charge >= 0.3 is 5.97 Å². The number of carboxylic acids is 1. The largest absolute Gasteiger partial charge is 0.476 e. The molecule has 1 unspecified atom stereocenters. The molecule has 0 fully saturated rings. The van der Waals surface area contributed by atoms with Crippen LogP contribution in [0.4, 0.5) is 0 Å². The zero-order valence-corrected chi connectivity index (χ0v) is 21.2. The van der Waals surface area contributed by atoms with Crippen LogP contribution < -0.4 is 5.14 Å². The molecule has 3 aromatic carbocycles. The molecule has 1 aromatic heterocycles. The minimum Gasteiger partial charge on any atom is -0.476 e. The first-order valence-corrected chi connectivity index (χ1v) is 12.3. The maximum Gasteiger partial charge on any atom is 0.357 e. The molecule has 6 nitrogen and oxygen atoms in total. The molecule has 34 heavy (non-hydrogen) atoms. The molecule has 180 valence electrons. The minimum absolute atomic E-state index is 0.136. The highest BCUT2D eigenvalue weighted by atomic mass is 32.2. The van der Waals surface area contributed by atoms with Crippen molar-refractivity contribution >= 4 is 27.9 Å². The molecule has 4 aromatic rings. The first-order chi connectivity index (χ1) is 16.1. The summed E-state index contributed by atoms with van der Waals surface area (Å²) in [4.78, 5) is 11.8. The average Bonchev–Trinajstić information content (AvgIpc) is 3.20. The second kappa shape index (κ2) is 12.8. The lowest BCUT2D eigenvalue weighted by molar-refractivity contribution is 0.0691. The summed E-state index contributed by atoms with van der Waals surface area (Å²) in [6, 6.07) is 23.6. The van der Waals surface area contributed by atoms with Crippen LogP contribution in [-0.4, -0.2) is 25.1 Å². The first-order valence-electron chi connectivity index (χ1n) is 11.1. The van der Waals surface area contributed by atoms with Gasteiger partial charge in [0.25, 0.3) is 0 Å². The summed E-state index contributed by atoms with van der Waals surface area (Å²) >= 11 is 0. The zero-order valence-electron chi connectivity index (χ0n) is 20.4. The van der Waals surface area contributed by atoms with Gasteiger partial charge in [0.15, 0.2) is 5.69 Å². The molecule has 0 saturated heterocycles. The van der Waals surface area contributed by atoms with Crippen LogP contribution in [0.5, 0.6) is 0 Å². The molecule has 4 rings (SSSR count). The van der Waals surface area contributed by atoms with Crippen molar-refractivity contribution in [1.82, 2.24) is 9.78 Å². The van der Waals surface area contributed by atoms with E-state index >= 15 is 0 Å². The highest BCUT2D eigenvalue weighted by Crippen LogP contribution is 2.23. The van der Waals surface area contributed by atoms with Gasteiger partial charge in [0.2, 0.25) is 0 Å². The van der Waals surface area contributed by atoms with Crippen LogP contribution in [0, 0.1) is 13.8 Å². The number of hydrogen-bond donors (Lipinski definition) is 2. The Labute approximate surface area is 204 Å². The Bertz CT molecular complexity index is 1250. The van der Waals surface area contributed by atoms with Gasteiger partial charge in [-0.05, 0) is 63.4 Å². The maximum atomic E-state index is 11.1. The Kier molecular flexibility index (Phi) is 10.2. The summed E-state index contributed by atoms with van der Waals surface area (Å²) in [7, 11) is -1.34. The lowest BCUT2D eigenvalue weighted by Gasteiger charge is -2.07. The topological polar surface area (TPSA) is 98.2 Å².